The van der Waals surface area contributed by atoms with Crippen LogP contribution in [0.15, 0.2) is 48.5 Å². The van der Waals surface area contributed by atoms with Crippen molar-refractivity contribution in [2.24, 2.45) is 0 Å². The Kier molecular flexibility index (Phi) is 6.93. The summed E-state index contributed by atoms with van der Waals surface area (Å²) in [5.41, 5.74) is 3.98. The zero-order valence-corrected chi connectivity index (χ0v) is 15.3. The van der Waals surface area contributed by atoms with E-state index in [-0.39, 0.29) is 24.5 Å². The monoisotopic (exact) mass is 337 g/mol. The lowest BCUT2D eigenvalue weighted by atomic mass is 9.96. The van der Waals surface area contributed by atoms with Gasteiger partial charge in [-0.05, 0) is 37.5 Å². The molecule has 2 aromatic rings. The maximum absolute atomic E-state index is 12.4. The molecule has 0 saturated carbocycles. The highest BCUT2D eigenvalue weighted by molar-refractivity contribution is 5.99. The molecule has 3 nitrogen and oxygen atoms in total. The van der Waals surface area contributed by atoms with Crippen molar-refractivity contribution in [2.45, 2.75) is 46.0 Å². The lowest BCUT2D eigenvalue weighted by molar-refractivity contribution is -0.121. The van der Waals surface area contributed by atoms with Crippen molar-refractivity contribution in [3.8, 4) is 0 Å². The van der Waals surface area contributed by atoms with Crippen molar-refractivity contribution in [2.75, 3.05) is 6.54 Å². The van der Waals surface area contributed by atoms with Gasteiger partial charge in [-0.25, -0.2) is 0 Å². The second kappa shape index (κ2) is 9.16. The Hall–Kier alpha value is -2.42. The van der Waals surface area contributed by atoms with Crippen molar-refractivity contribution in [1.82, 2.24) is 5.32 Å². The highest BCUT2D eigenvalue weighted by Crippen LogP contribution is 2.18. The summed E-state index contributed by atoms with van der Waals surface area (Å²) in [6.45, 7) is 6.63. The Morgan fingerprint density at radius 2 is 1.72 bits per heavy atom. The number of nitrogens with one attached hydrogen (secondary N) is 1. The van der Waals surface area contributed by atoms with Gasteiger partial charge in [0.15, 0.2) is 5.78 Å². The first kappa shape index (κ1) is 18.9. The Balaban J connectivity index is 1.84. The summed E-state index contributed by atoms with van der Waals surface area (Å²) in [5.74, 6) is 0.277. The quantitative estimate of drug-likeness (QED) is 0.717. The van der Waals surface area contributed by atoms with Crippen LogP contribution in [0.25, 0.3) is 0 Å². The average Bonchev–Trinajstić information content (AvgIpc) is 2.63. The third-order valence-electron chi connectivity index (χ3n) is 4.58. The number of ketones is 1. The largest absolute Gasteiger partial charge is 0.355 e. The van der Waals surface area contributed by atoms with E-state index in [1.165, 1.54) is 5.56 Å². The van der Waals surface area contributed by atoms with Gasteiger partial charge < -0.3 is 5.32 Å². The van der Waals surface area contributed by atoms with E-state index in [0.29, 0.717) is 12.5 Å². The molecule has 132 valence electrons. The van der Waals surface area contributed by atoms with Gasteiger partial charge in [0.1, 0.15) is 0 Å². The lowest BCUT2D eigenvalue weighted by Crippen LogP contribution is -2.28. The molecule has 0 bridgehead atoms. The molecule has 0 saturated heterocycles. The zero-order valence-electron chi connectivity index (χ0n) is 15.3. The standard InChI is InChI=1S/C22H27NO2/c1-4-18(19-8-6-5-7-9-19)15-23-22(25)13-12-21(24)20-14-16(2)10-11-17(20)3/h5-11,14,18H,4,12-13,15H2,1-3H3,(H,23,25)/t18-/m1/s1. The normalized spacial score (nSPS) is 11.8. The number of hydrogen-bond donors (Lipinski definition) is 1. The first-order valence-electron chi connectivity index (χ1n) is 8.93. The van der Waals surface area contributed by atoms with E-state index in [1.807, 2.05) is 50.2 Å². The SMILES string of the molecule is CC[C@H](CNC(=O)CCC(=O)c1cc(C)ccc1C)c1ccccc1. The fraction of sp³-hybridized carbons (Fsp3) is 0.364. The number of hydrogen-bond acceptors (Lipinski definition) is 2. The Labute approximate surface area is 150 Å². The van der Waals surface area contributed by atoms with Gasteiger partial charge in [0, 0.05) is 30.9 Å². The van der Waals surface area contributed by atoms with Gasteiger partial charge >= 0.3 is 0 Å². The maximum atomic E-state index is 12.4. The zero-order chi connectivity index (χ0) is 18.2. The van der Waals surface area contributed by atoms with Gasteiger partial charge in [0.2, 0.25) is 5.91 Å². The lowest BCUT2D eigenvalue weighted by Gasteiger charge is -2.16. The molecule has 0 heterocycles. The first-order valence-corrected chi connectivity index (χ1v) is 8.93. The van der Waals surface area contributed by atoms with Crippen LogP contribution in [0.4, 0.5) is 0 Å². The second-order valence-electron chi connectivity index (χ2n) is 6.56. The number of Topliss-reactive ketones (excluding diaryl/α,β-unsaturated/α-hetero) is 1. The van der Waals surface area contributed by atoms with Gasteiger partial charge in [-0.2, -0.15) is 0 Å². The number of carbonyl (C=O) groups excluding carboxylic acids is 2. The molecule has 1 amide bonds. The van der Waals surface area contributed by atoms with Crippen LogP contribution in [-0.4, -0.2) is 18.2 Å². The van der Waals surface area contributed by atoms with Crippen molar-refractivity contribution in [3.05, 3.63) is 70.8 Å². The fourth-order valence-corrected chi connectivity index (χ4v) is 2.95. The van der Waals surface area contributed by atoms with E-state index in [4.69, 9.17) is 0 Å². The van der Waals surface area contributed by atoms with Gasteiger partial charge in [-0.1, -0.05) is 55.0 Å². The molecule has 1 N–H and O–H groups in total. The first-order chi connectivity index (χ1) is 12.0. The summed E-state index contributed by atoms with van der Waals surface area (Å²) >= 11 is 0. The Morgan fingerprint density at radius 3 is 2.40 bits per heavy atom. The third kappa shape index (κ3) is 5.56. The molecule has 3 heteroatoms. The molecule has 0 aromatic heterocycles. The topological polar surface area (TPSA) is 46.2 Å². The fourth-order valence-electron chi connectivity index (χ4n) is 2.95. The molecule has 0 radical (unpaired) electrons. The highest BCUT2D eigenvalue weighted by atomic mass is 16.2. The van der Waals surface area contributed by atoms with Gasteiger partial charge in [0.25, 0.3) is 0 Å². The second-order valence-corrected chi connectivity index (χ2v) is 6.56. The summed E-state index contributed by atoms with van der Waals surface area (Å²) in [7, 11) is 0. The van der Waals surface area contributed by atoms with Crippen LogP contribution < -0.4 is 5.32 Å². The minimum Gasteiger partial charge on any atom is -0.355 e. The molecule has 0 aliphatic rings. The van der Waals surface area contributed by atoms with E-state index in [9.17, 15) is 9.59 Å². The van der Waals surface area contributed by atoms with Crippen molar-refractivity contribution in [3.63, 3.8) is 0 Å². The maximum Gasteiger partial charge on any atom is 0.220 e. The number of rotatable bonds is 8. The third-order valence-corrected chi connectivity index (χ3v) is 4.58. The number of aryl methyl sites for hydroxylation is 2. The summed E-state index contributed by atoms with van der Waals surface area (Å²) < 4.78 is 0. The molecule has 0 unspecified atom stereocenters. The predicted molar refractivity (Wildman–Crippen MR) is 102 cm³/mol. The summed E-state index contributed by atoms with van der Waals surface area (Å²) in [4.78, 5) is 24.5. The predicted octanol–water partition coefficient (Wildman–Crippen LogP) is 4.58. The van der Waals surface area contributed by atoms with Gasteiger partial charge in [0.05, 0.1) is 0 Å². The van der Waals surface area contributed by atoms with Crippen LogP contribution in [0, 0.1) is 13.8 Å². The Morgan fingerprint density at radius 1 is 1.00 bits per heavy atom. The molecule has 25 heavy (non-hydrogen) atoms. The molecular weight excluding hydrogens is 310 g/mol. The molecule has 2 rings (SSSR count). The van der Waals surface area contributed by atoms with Crippen LogP contribution >= 0.6 is 0 Å². The minimum absolute atomic E-state index is 0.0338. The van der Waals surface area contributed by atoms with Crippen LogP contribution in [0.1, 0.15) is 59.2 Å². The molecule has 2 aromatic carbocycles. The van der Waals surface area contributed by atoms with Gasteiger partial charge in [-0.15, -0.1) is 0 Å². The molecule has 0 fully saturated rings. The van der Waals surface area contributed by atoms with Crippen LogP contribution in [-0.2, 0) is 4.79 Å². The average molecular weight is 337 g/mol. The smallest absolute Gasteiger partial charge is 0.220 e. The van der Waals surface area contributed by atoms with Crippen LogP contribution in [0.3, 0.4) is 0 Å². The minimum atomic E-state index is -0.0620. The Bertz CT molecular complexity index is 722. The molecular formula is C22H27NO2. The van der Waals surface area contributed by atoms with E-state index in [2.05, 4.69) is 24.4 Å². The molecule has 0 aliphatic carbocycles. The van der Waals surface area contributed by atoms with E-state index < -0.39 is 0 Å². The van der Waals surface area contributed by atoms with Crippen molar-refractivity contribution < 1.29 is 9.59 Å². The van der Waals surface area contributed by atoms with Crippen molar-refractivity contribution in [1.29, 1.82) is 0 Å². The summed E-state index contributed by atoms with van der Waals surface area (Å²) in [6.07, 6.45) is 1.45. The number of benzene rings is 2. The summed E-state index contributed by atoms with van der Waals surface area (Å²) in [6, 6.07) is 16.0. The molecule has 0 aliphatic heterocycles. The highest BCUT2D eigenvalue weighted by Gasteiger charge is 2.14. The molecule has 1 atom stereocenters. The van der Waals surface area contributed by atoms with Gasteiger partial charge in [-0.3, -0.25) is 9.59 Å². The van der Waals surface area contributed by atoms with E-state index in [1.54, 1.807) is 0 Å². The van der Waals surface area contributed by atoms with Crippen molar-refractivity contribution >= 4 is 11.7 Å². The summed E-state index contributed by atoms with van der Waals surface area (Å²) in [5, 5.41) is 2.97. The van der Waals surface area contributed by atoms with E-state index >= 15 is 0 Å². The number of amides is 1. The molecule has 0 spiro atoms. The number of carbonyl (C=O) groups is 2. The van der Waals surface area contributed by atoms with Crippen LogP contribution in [0.5, 0.6) is 0 Å². The van der Waals surface area contributed by atoms with E-state index in [0.717, 1.165) is 23.1 Å². The van der Waals surface area contributed by atoms with Crippen LogP contribution in [0.2, 0.25) is 0 Å².